The van der Waals surface area contributed by atoms with Crippen molar-refractivity contribution in [2.24, 2.45) is 5.41 Å². The molecule has 26 heavy (non-hydrogen) atoms. The number of rotatable bonds is 5. The van der Waals surface area contributed by atoms with Gasteiger partial charge in [0.25, 0.3) is 5.92 Å². The Hall–Kier alpha value is -1.92. The predicted octanol–water partition coefficient (Wildman–Crippen LogP) is 6.60. The van der Waals surface area contributed by atoms with Gasteiger partial charge in [-0.1, -0.05) is 39.8 Å². The predicted molar refractivity (Wildman–Crippen MR) is 93.5 cm³/mol. The van der Waals surface area contributed by atoms with Gasteiger partial charge in [-0.05, 0) is 24.0 Å². The summed E-state index contributed by atoms with van der Waals surface area (Å²) in [5.41, 5.74) is -1.87. The van der Waals surface area contributed by atoms with Crippen molar-refractivity contribution in [1.29, 1.82) is 0 Å². The van der Waals surface area contributed by atoms with Crippen LogP contribution in [0.1, 0.15) is 51.8 Å². The number of hydrogen-bond donors (Lipinski definition) is 1. The molecule has 0 unspecified atom stereocenters. The third-order valence-corrected chi connectivity index (χ3v) is 4.15. The molecule has 0 saturated heterocycles. The molecule has 2 aromatic rings. The number of hydrogen-bond acceptors (Lipinski definition) is 2. The van der Waals surface area contributed by atoms with Crippen LogP contribution in [-0.4, -0.2) is 11.5 Å². The summed E-state index contributed by atoms with van der Waals surface area (Å²) in [5, 5.41) is 3.20. The van der Waals surface area contributed by atoms with Gasteiger partial charge in [-0.2, -0.15) is 22.0 Å². The first-order valence-corrected chi connectivity index (χ1v) is 8.48. The molecule has 2 nitrogen and oxygen atoms in total. The zero-order chi connectivity index (χ0) is 19.8. The van der Waals surface area contributed by atoms with Gasteiger partial charge in [-0.15, -0.1) is 0 Å². The van der Waals surface area contributed by atoms with E-state index >= 15 is 0 Å². The fraction of sp³-hybridized carbons (Fsp3) is 0.526. The summed E-state index contributed by atoms with van der Waals surface area (Å²) in [5.74, 6) is -3.30. The Morgan fingerprint density at radius 2 is 1.69 bits per heavy atom. The van der Waals surface area contributed by atoms with Crippen molar-refractivity contribution in [3.05, 3.63) is 35.5 Å². The van der Waals surface area contributed by atoms with Gasteiger partial charge in [0.1, 0.15) is 5.69 Å². The lowest BCUT2D eigenvalue weighted by atomic mass is 9.92. The lowest BCUT2D eigenvalue weighted by Crippen LogP contribution is -2.17. The minimum absolute atomic E-state index is 0.00312. The van der Waals surface area contributed by atoms with Gasteiger partial charge in [0.05, 0.1) is 11.1 Å². The number of nitrogens with one attached hydrogen (secondary N) is 1. The Kier molecular flexibility index (Phi) is 5.49. The summed E-state index contributed by atoms with van der Waals surface area (Å²) in [6.07, 6.45) is -4.48. The maximum Gasteiger partial charge on any atom is 0.418 e. The number of nitrogens with zero attached hydrogens (tertiary/aromatic N) is 1. The molecule has 1 aromatic carbocycles. The van der Waals surface area contributed by atoms with Crippen LogP contribution in [0.3, 0.4) is 0 Å². The van der Waals surface area contributed by atoms with Crippen LogP contribution in [0.2, 0.25) is 0 Å². The maximum absolute atomic E-state index is 14.2. The van der Waals surface area contributed by atoms with Crippen LogP contribution in [0, 0.1) is 5.41 Å². The molecule has 1 N–H and O–H groups in total. The molecule has 0 fully saturated rings. The second kappa shape index (κ2) is 7.00. The van der Waals surface area contributed by atoms with E-state index < -0.39 is 35.3 Å². The van der Waals surface area contributed by atoms with Crippen LogP contribution in [0.15, 0.2) is 24.3 Å². The van der Waals surface area contributed by atoms with E-state index in [1.54, 1.807) is 0 Å². The van der Waals surface area contributed by atoms with Crippen LogP contribution < -0.4 is 5.32 Å². The minimum atomic E-state index is -4.67. The van der Waals surface area contributed by atoms with Gasteiger partial charge in [-0.3, -0.25) is 0 Å². The van der Waals surface area contributed by atoms with Crippen LogP contribution in [0.5, 0.6) is 0 Å². The number of aromatic nitrogens is 1. The Morgan fingerprint density at radius 3 is 2.23 bits per heavy atom. The third-order valence-electron chi connectivity index (χ3n) is 4.15. The highest BCUT2D eigenvalue weighted by atomic mass is 19.4. The number of halogens is 5. The van der Waals surface area contributed by atoms with E-state index in [-0.39, 0.29) is 16.5 Å². The molecular weight excluding hydrogens is 351 g/mol. The molecule has 0 aliphatic carbocycles. The molecule has 1 heterocycles. The van der Waals surface area contributed by atoms with E-state index in [1.165, 1.54) is 19.1 Å². The standard InChI is InChI=1S/C19H23F5N2/c1-5-18(20,21)15-11-14(25-10-9-17(2,3)4)12-7-6-8-13(16(12)26-15)19(22,23)24/h6-8,11H,5,9-10H2,1-4H3,(H,25,26). The van der Waals surface area contributed by atoms with Crippen LogP contribution in [0.25, 0.3) is 10.9 Å². The molecule has 0 bridgehead atoms. The average Bonchev–Trinajstić information content (AvgIpc) is 2.51. The monoisotopic (exact) mass is 374 g/mol. The van der Waals surface area contributed by atoms with Gasteiger partial charge >= 0.3 is 6.18 Å². The summed E-state index contributed by atoms with van der Waals surface area (Å²) in [6.45, 7) is 7.80. The van der Waals surface area contributed by atoms with Crippen molar-refractivity contribution in [1.82, 2.24) is 4.98 Å². The molecule has 7 heteroatoms. The van der Waals surface area contributed by atoms with Crippen molar-refractivity contribution in [3.63, 3.8) is 0 Å². The largest absolute Gasteiger partial charge is 0.418 e. The Balaban J connectivity index is 2.61. The summed E-state index contributed by atoms with van der Waals surface area (Å²) in [4.78, 5) is 3.69. The lowest BCUT2D eigenvalue weighted by Gasteiger charge is -2.21. The fourth-order valence-corrected chi connectivity index (χ4v) is 2.56. The third kappa shape index (κ3) is 4.62. The van der Waals surface area contributed by atoms with Crippen molar-refractivity contribution in [2.75, 3.05) is 11.9 Å². The Bertz CT molecular complexity index is 776. The van der Waals surface area contributed by atoms with Crippen molar-refractivity contribution < 1.29 is 22.0 Å². The summed E-state index contributed by atoms with van der Waals surface area (Å²) in [7, 11) is 0. The number of benzene rings is 1. The molecule has 0 radical (unpaired) electrons. The Morgan fingerprint density at radius 1 is 1.04 bits per heavy atom. The first-order chi connectivity index (χ1) is 11.8. The van der Waals surface area contributed by atoms with Crippen LogP contribution in [0.4, 0.5) is 27.6 Å². The molecule has 0 atom stereocenters. The molecule has 1 aromatic heterocycles. The second-order valence-electron chi connectivity index (χ2n) is 7.55. The zero-order valence-corrected chi connectivity index (χ0v) is 15.3. The molecule has 0 aliphatic heterocycles. The zero-order valence-electron chi connectivity index (χ0n) is 15.3. The maximum atomic E-state index is 14.2. The highest BCUT2D eigenvalue weighted by Crippen LogP contribution is 2.39. The van der Waals surface area contributed by atoms with Gasteiger partial charge < -0.3 is 5.32 Å². The minimum Gasteiger partial charge on any atom is -0.384 e. The quantitative estimate of drug-likeness (QED) is 0.596. The van der Waals surface area contributed by atoms with E-state index in [0.29, 0.717) is 6.54 Å². The molecular formula is C19H23F5N2. The van der Waals surface area contributed by atoms with Gasteiger partial charge in [0.15, 0.2) is 0 Å². The molecule has 2 rings (SSSR count). The summed E-state index contributed by atoms with van der Waals surface area (Å²) >= 11 is 0. The summed E-state index contributed by atoms with van der Waals surface area (Å²) in [6, 6.07) is 4.75. The van der Waals surface area contributed by atoms with Crippen LogP contribution >= 0.6 is 0 Å². The fourth-order valence-electron chi connectivity index (χ4n) is 2.56. The number of anilines is 1. The molecule has 0 spiro atoms. The highest BCUT2D eigenvalue weighted by Gasteiger charge is 2.36. The normalized spacial score (nSPS) is 13.3. The Labute approximate surface area is 149 Å². The number of para-hydroxylation sites is 1. The topological polar surface area (TPSA) is 24.9 Å². The van der Waals surface area contributed by atoms with Crippen LogP contribution in [-0.2, 0) is 12.1 Å². The van der Waals surface area contributed by atoms with E-state index in [9.17, 15) is 22.0 Å². The average molecular weight is 374 g/mol. The highest BCUT2D eigenvalue weighted by molar-refractivity contribution is 5.93. The smallest absolute Gasteiger partial charge is 0.384 e. The van der Waals surface area contributed by atoms with E-state index in [4.69, 9.17) is 0 Å². The molecule has 0 aliphatic rings. The van der Waals surface area contributed by atoms with Gasteiger partial charge in [0, 0.05) is 24.0 Å². The summed E-state index contributed by atoms with van der Waals surface area (Å²) < 4.78 is 68.3. The molecule has 0 saturated carbocycles. The van der Waals surface area contributed by atoms with Gasteiger partial charge in [0.2, 0.25) is 0 Å². The van der Waals surface area contributed by atoms with Crippen molar-refractivity contribution >= 4 is 16.6 Å². The van der Waals surface area contributed by atoms with E-state index in [0.717, 1.165) is 18.6 Å². The van der Waals surface area contributed by atoms with E-state index in [1.807, 2.05) is 20.8 Å². The number of pyridine rings is 1. The van der Waals surface area contributed by atoms with Crippen molar-refractivity contribution in [2.45, 2.75) is 52.6 Å². The number of fused-ring (bicyclic) bond motifs is 1. The van der Waals surface area contributed by atoms with Gasteiger partial charge in [-0.25, -0.2) is 4.98 Å². The SMILES string of the molecule is CCC(F)(F)c1cc(NCCC(C)(C)C)c2cccc(C(F)(F)F)c2n1. The van der Waals surface area contributed by atoms with E-state index in [2.05, 4.69) is 10.3 Å². The lowest BCUT2D eigenvalue weighted by molar-refractivity contribution is -0.136. The van der Waals surface area contributed by atoms with Crippen molar-refractivity contribution in [3.8, 4) is 0 Å². The second-order valence-corrected chi connectivity index (χ2v) is 7.55. The first-order valence-electron chi connectivity index (χ1n) is 8.48. The molecule has 144 valence electrons. The molecule has 0 amide bonds. The first kappa shape index (κ1) is 20.4. The number of alkyl halides is 5.